The SMILES string of the molecule is Cc1ccc(CCN2c3c(Cl)ccc(Br)c3C3CCN(C)CCC32)cn1. The molecule has 3 nitrogen and oxygen atoms in total. The van der Waals surface area contributed by atoms with Gasteiger partial charge in [0, 0.05) is 34.9 Å². The summed E-state index contributed by atoms with van der Waals surface area (Å²) in [5.74, 6) is 0.555. The van der Waals surface area contributed by atoms with E-state index in [2.05, 4.69) is 56.0 Å². The summed E-state index contributed by atoms with van der Waals surface area (Å²) in [5.41, 5.74) is 5.03. The molecule has 0 aliphatic carbocycles. The Morgan fingerprint density at radius 3 is 2.77 bits per heavy atom. The molecule has 1 aromatic heterocycles. The van der Waals surface area contributed by atoms with Gasteiger partial charge in [0.2, 0.25) is 0 Å². The Morgan fingerprint density at radius 1 is 1.19 bits per heavy atom. The van der Waals surface area contributed by atoms with Crippen molar-refractivity contribution in [2.24, 2.45) is 0 Å². The molecule has 3 heterocycles. The monoisotopic (exact) mass is 433 g/mol. The Balaban J connectivity index is 1.66. The number of nitrogens with zero attached hydrogens (tertiary/aromatic N) is 3. The van der Waals surface area contributed by atoms with Crippen LogP contribution in [-0.2, 0) is 6.42 Å². The molecule has 2 atom stereocenters. The fourth-order valence-corrected chi connectivity index (χ4v) is 5.36. The average molecular weight is 435 g/mol. The van der Waals surface area contributed by atoms with Gasteiger partial charge in [0.05, 0.1) is 10.7 Å². The second-order valence-electron chi connectivity index (χ2n) is 7.60. The Labute approximate surface area is 169 Å². The van der Waals surface area contributed by atoms with Crippen LogP contribution in [-0.4, -0.2) is 42.6 Å². The minimum absolute atomic E-state index is 0.532. The molecular formula is C21H25BrClN3. The Kier molecular flexibility index (Phi) is 5.27. The highest BCUT2D eigenvalue weighted by Crippen LogP contribution is 2.51. The molecule has 0 radical (unpaired) electrons. The molecule has 5 heteroatoms. The van der Waals surface area contributed by atoms with Gasteiger partial charge in [-0.3, -0.25) is 4.98 Å². The van der Waals surface area contributed by atoms with E-state index in [4.69, 9.17) is 11.6 Å². The third-order valence-electron chi connectivity index (χ3n) is 5.88. The van der Waals surface area contributed by atoms with Crippen LogP contribution in [0.25, 0.3) is 0 Å². The van der Waals surface area contributed by atoms with Gasteiger partial charge >= 0.3 is 0 Å². The second kappa shape index (κ2) is 7.49. The van der Waals surface area contributed by atoms with Crippen molar-refractivity contribution in [3.8, 4) is 0 Å². The summed E-state index contributed by atoms with van der Waals surface area (Å²) < 4.78 is 1.20. The number of benzene rings is 1. The predicted molar refractivity (Wildman–Crippen MR) is 112 cm³/mol. The molecule has 4 rings (SSSR count). The molecular weight excluding hydrogens is 410 g/mol. The standard InChI is InChI=1S/C21H25BrClN3/c1-14-3-4-15(13-24-14)7-12-26-19-9-11-25(2)10-8-16(19)20-17(22)5-6-18(23)21(20)26/h3-6,13,16,19H,7-12H2,1-2H3. The summed E-state index contributed by atoms with van der Waals surface area (Å²) in [7, 11) is 2.23. The number of hydrogen-bond acceptors (Lipinski definition) is 3. The zero-order valence-corrected chi connectivity index (χ0v) is 17.7. The second-order valence-corrected chi connectivity index (χ2v) is 8.86. The smallest absolute Gasteiger partial charge is 0.0643 e. The third-order valence-corrected chi connectivity index (χ3v) is 6.88. The van der Waals surface area contributed by atoms with Crippen LogP contribution in [0.4, 0.5) is 5.69 Å². The maximum Gasteiger partial charge on any atom is 0.0643 e. The molecule has 1 aromatic carbocycles. The minimum atomic E-state index is 0.532. The van der Waals surface area contributed by atoms with E-state index in [9.17, 15) is 0 Å². The van der Waals surface area contributed by atoms with Crippen LogP contribution < -0.4 is 4.90 Å². The number of likely N-dealkylation sites (tertiary alicyclic amines) is 1. The van der Waals surface area contributed by atoms with Gasteiger partial charge in [-0.1, -0.05) is 33.6 Å². The van der Waals surface area contributed by atoms with Gasteiger partial charge in [0.25, 0.3) is 0 Å². The van der Waals surface area contributed by atoms with Crippen molar-refractivity contribution in [2.45, 2.75) is 38.1 Å². The molecule has 1 fully saturated rings. The zero-order valence-electron chi connectivity index (χ0n) is 15.4. The van der Waals surface area contributed by atoms with Gasteiger partial charge in [-0.2, -0.15) is 0 Å². The van der Waals surface area contributed by atoms with E-state index < -0.39 is 0 Å². The highest BCUT2D eigenvalue weighted by atomic mass is 79.9. The number of rotatable bonds is 3. The van der Waals surface area contributed by atoms with Crippen LogP contribution >= 0.6 is 27.5 Å². The number of hydrogen-bond donors (Lipinski definition) is 0. The molecule has 26 heavy (non-hydrogen) atoms. The van der Waals surface area contributed by atoms with Crippen molar-refractivity contribution in [1.29, 1.82) is 0 Å². The maximum absolute atomic E-state index is 6.69. The Bertz CT molecular complexity index is 793. The first kappa shape index (κ1) is 18.3. The Hall–Kier alpha value is -1.10. The number of aromatic nitrogens is 1. The molecule has 2 aliphatic heterocycles. The number of halogens is 2. The summed E-state index contributed by atoms with van der Waals surface area (Å²) in [6.07, 6.45) is 5.38. The lowest BCUT2D eigenvalue weighted by Crippen LogP contribution is -2.36. The minimum Gasteiger partial charge on any atom is -0.366 e. The van der Waals surface area contributed by atoms with Crippen molar-refractivity contribution < 1.29 is 0 Å². The fourth-order valence-electron chi connectivity index (χ4n) is 4.47. The fraction of sp³-hybridized carbons (Fsp3) is 0.476. The topological polar surface area (TPSA) is 19.4 Å². The van der Waals surface area contributed by atoms with Crippen molar-refractivity contribution in [2.75, 3.05) is 31.6 Å². The van der Waals surface area contributed by atoms with E-state index in [1.807, 2.05) is 19.2 Å². The van der Waals surface area contributed by atoms with Gasteiger partial charge in [0.1, 0.15) is 0 Å². The molecule has 0 saturated carbocycles. The predicted octanol–water partition coefficient (Wildman–Crippen LogP) is 5.05. The van der Waals surface area contributed by atoms with Crippen molar-refractivity contribution in [3.63, 3.8) is 0 Å². The highest BCUT2D eigenvalue weighted by molar-refractivity contribution is 9.10. The third kappa shape index (κ3) is 3.39. The summed E-state index contributed by atoms with van der Waals surface area (Å²) in [5, 5.41) is 0.881. The van der Waals surface area contributed by atoms with E-state index in [1.54, 1.807) is 0 Å². The molecule has 2 aliphatic rings. The van der Waals surface area contributed by atoms with Crippen LogP contribution in [0.2, 0.25) is 5.02 Å². The van der Waals surface area contributed by atoms with Crippen LogP contribution in [0.1, 0.15) is 35.6 Å². The summed E-state index contributed by atoms with van der Waals surface area (Å²) >= 11 is 10.5. The molecule has 2 aromatic rings. The number of anilines is 1. The van der Waals surface area contributed by atoms with Gasteiger partial charge in [-0.25, -0.2) is 0 Å². The number of fused-ring (bicyclic) bond motifs is 3. The normalized spacial score (nSPS) is 22.8. The highest BCUT2D eigenvalue weighted by Gasteiger charge is 2.41. The van der Waals surface area contributed by atoms with Crippen molar-refractivity contribution >= 4 is 33.2 Å². The molecule has 0 spiro atoms. The van der Waals surface area contributed by atoms with E-state index in [1.165, 1.54) is 34.1 Å². The van der Waals surface area contributed by atoms with E-state index in [0.29, 0.717) is 12.0 Å². The van der Waals surface area contributed by atoms with Crippen LogP contribution in [0.15, 0.2) is 34.9 Å². The van der Waals surface area contributed by atoms with Crippen molar-refractivity contribution in [3.05, 3.63) is 56.8 Å². The maximum atomic E-state index is 6.69. The van der Waals surface area contributed by atoms with Gasteiger partial charge < -0.3 is 9.80 Å². The molecule has 0 N–H and O–H groups in total. The summed E-state index contributed by atoms with van der Waals surface area (Å²) in [6, 6.07) is 8.97. The van der Waals surface area contributed by atoms with E-state index >= 15 is 0 Å². The van der Waals surface area contributed by atoms with Crippen LogP contribution in [0, 0.1) is 6.92 Å². The van der Waals surface area contributed by atoms with E-state index in [0.717, 1.165) is 36.8 Å². The number of aryl methyl sites for hydroxylation is 1. The molecule has 0 bridgehead atoms. The first-order valence-corrected chi connectivity index (χ1v) is 10.6. The Morgan fingerprint density at radius 2 is 2.00 bits per heavy atom. The lowest BCUT2D eigenvalue weighted by Gasteiger charge is -2.30. The molecule has 138 valence electrons. The largest absolute Gasteiger partial charge is 0.366 e. The lowest BCUT2D eigenvalue weighted by molar-refractivity contribution is 0.345. The molecule has 0 amide bonds. The van der Waals surface area contributed by atoms with Gasteiger partial charge in [-0.05, 0) is 75.6 Å². The summed E-state index contributed by atoms with van der Waals surface area (Å²) in [4.78, 5) is 9.48. The average Bonchev–Trinajstić information content (AvgIpc) is 2.83. The van der Waals surface area contributed by atoms with E-state index in [-0.39, 0.29) is 0 Å². The van der Waals surface area contributed by atoms with Crippen LogP contribution in [0.5, 0.6) is 0 Å². The lowest BCUT2D eigenvalue weighted by atomic mass is 9.91. The molecule has 2 unspecified atom stereocenters. The van der Waals surface area contributed by atoms with Gasteiger partial charge in [0.15, 0.2) is 0 Å². The quantitative estimate of drug-likeness (QED) is 0.674. The van der Waals surface area contributed by atoms with Crippen molar-refractivity contribution in [1.82, 2.24) is 9.88 Å². The summed E-state index contributed by atoms with van der Waals surface area (Å²) in [6.45, 7) is 5.31. The van der Waals surface area contributed by atoms with Gasteiger partial charge in [-0.15, -0.1) is 0 Å². The van der Waals surface area contributed by atoms with Crippen LogP contribution in [0.3, 0.4) is 0 Å². The first-order valence-electron chi connectivity index (χ1n) is 9.39. The zero-order chi connectivity index (χ0) is 18.3. The number of pyridine rings is 1. The first-order chi connectivity index (χ1) is 12.5. The molecule has 1 saturated heterocycles.